The van der Waals surface area contributed by atoms with E-state index in [1.807, 2.05) is 41.3 Å². The van der Waals surface area contributed by atoms with Gasteiger partial charge in [0.05, 0.1) is 6.04 Å². The number of hydrogen-bond donors (Lipinski definition) is 3. The Morgan fingerprint density at radius 2 is 1.67 bits per heavy atom. The molecule has 0 aliphatic carbocycles. The second-order valence-corrected chi connectivity index (χ2v) is 9.16. The van der Waals surface area contributed by atoms with Crippen LogP contribution in [0.15, 0.2) is 60.7 Å². The summed E-state index contributed by atoms with van der Waals surface area (Å²) in [7, 11) is 0. The van der Waals surface area contributed by atoms with Crippen molar-refractivity contribution in [2.75, 3.05) is 13.1 Å². The van der Waals surface area contributed by atoms with E-state index in [-0.39, 0.29) is 17.9 Å². The van der Waals surface area contributed by atoms with Gasteiger partial charge in [-0.25, -0.2) is 0 Å². The van der Waals surface area contributed by atoms with E-state index in [4.69, 9.17) is 0 Å². The Bertz CT molecular complexity index is 729. The van der Waals surface area contributed by atoms with E-state index in [1.165, 1.54) is 0 Å². The highest BCUT2D eigenvalue weighted by Crippen LogP contribution is 2.18. The van der Waals surface area contributed by atoms with Crippen molar-refractivity contribution in [1.29, 1.82) is 0 Å². The maximum atomic E-state index is 13.7. The van der Waals surface area contributed by atoms with Gasteiger partial charge in [0, 0.05) is 37.5 Å². The number of hydrogen-bond acceptors (Lipinski definition) is 4. The summed E-state index contributed by atoms with van der Waals surface area (Å²) >= 11 is 4.57. The number of carbonyl (C=O) groups excluding carboxylic acids is 1. The predicted molar refractivity (Wildman–Crippen MR) is 128 cm³/mol. The summed E-state index contributed by atoms with van der Waals surface area (Å²) in [5.41, 5.74) is 2.31. The number of nitrogens with one attached hydrogen (secondary N) is 2. The van der Waals surface area contributed by atoms with Crippen LogP contribution in [-0.4, -0.2) is 41.2 Å². The minimum atomic E-state index is -0.191. The van der Waals surface area contributed by atoms with E-state index >= 15 is 0 Å². The zero-order chi connectivity index (χ0) is 21.3. The van der Waals surface area contributed by atoms with Crippen molar-refractivity contribution in [3.63, 3.8) is 0 Å². The standard InChI is InChI=1S/C25H35N3OS/c1-3-19(2)24(27-15-22-14-23(30)16-26-22)25(29)28(17-20-10-6-4-7-11-20)18-21-12-8-5-9-13-21/h4-13,19,22-24,26-27,30H,3,14-18H2,1-2H3/t19-,22+,23+,24-/m0/s1. The summed E-state index contributed by atoms with van der Waals surface area (Å²) in [4.78, 5) is 15.7. The fourth-order valence-electron chi connectivity index (χ4n) is 4.01. The quantitative estimate of drug-likeness (QED) is 0.506. The van der Waals surface area contributed by atoms with Gasteiger partial charge >= 0.3 is 0 Å². The van der Waals surface area contributed by atoms with E-state index in [9.17, 15) is 4.79 Å². The molecule has 1 amide bonds. The van der Waals surface area contributed by atoms with Gasteiger partial charge in [-0.2, -0.15) is 12.6 Å². The summed E-state index contributed by atoms with van der Waals surface area (Å²) in [6, 6.07) is 20.7. The van der Waals surface area contributed by atoms with E-state index in [0.717, 1.165) is 37.1 Å². The Labute approximate surface area is 186 Å². The van der Waals surface area contributed by atoms with Crippen molar-refractivity contribution >= 4 is 18.5 Å². The van der Waals surface area contributed by atoms with Crippen LogP contribution in [-0.2, 0) is 17.9 Å². The molecule has 1 saturated heterocycles. The molecule has 0 spiro atoms. The minimum absolute atomic E-state index is 0.178. The van der Waals surface area contributed by atoms with Gasteiger partial charge in [0.15, 0.2) is 0 Å². The van der Waals surface area contributed by atoms with E-state index in [0.29, 0.717) is 24.4 Å². The van der Waals surface area contributed by atoms with Crippen molar-refractivity contribution in [3.8, 4) is 0 Å². The third kappa shape index (κ3) is 6.59. The van der Waals surface area contributed by atoms with Crippen molar-refractivity contribution in [3.05, 3.63) is 71.8 Å². The van der Waals surface area contributed by atoms with Crippen LogP contribution in [0.4, 0.5) is 0 Å². The maximum absolute atomic E-state index is 13.7. The molecule has 4 atom stereocenters. The molecule has 2 N–H and O–H groups in total. The van der Waals surface area contributed by atoms with Gasteiger partial charge in [-0.1, -0.05) is 80.9 Å². The normalized spacial score (nSPS) is 20.6. The Kier molecular flexibility index (Phi) is 8.79. The van der Waals surface area contributed by atoms with Crippen molar-refractivity contribution < 1.29 is 4.79 Å². The topological polar surface area (TPSA) is 44.4 Å². The smallest absolute Gasteiger partial charge is 0.240 e. The number of nitrogens with zero attached hydrogens (tertiary/aromatic N) is 1. The average Bonchev–Trinajstić information content (AvgIpc) is 3.19. The van der Waals surface area contributed by atoms with Crippen molar-refractivity contribution in [2.45, 2.75) is 57.1 Å². The third-order valence-corrected chi connectivity index (χ3v) is 6.40. The van der Waals surface area contributed by atoms with Crippen LogP contribution in [0.1, 0.15) is 37.8 Å². The van der Waals surface area contributed by atoms with E-state index in [2.05, 4.69) is 61.4 Å². The van der Waals surface area contributed by atoms with Crippen LogP contribution in [0.5, 0.6) is 0 Å². The van der Waals surface area contributed by atoms with Gasteiger partial charge in [-0.05, 0) is 23.5 Å². The lowest BCUT2D eigenvalue weighted by Crippen LogP contribution is -2.52. The predicted octanol–water partition coefficient (Wildman–Crippen LogP) is 3.88. The van der Waals surface area contributed by atoms with Gasteiger partial charge in [-0.3, -0.25) is 4.79 Å². The maximum Gasteiger partial charge on any atom is 0.240 e. The molecule has 0 saturated carbocycles. The molecule has 1 heterocycles. The molecule has 162 valence electrons. The fourth-order valence-corrected chi connectivity index (χ4v) is 4.37. The molecule has 1 aliphatic heterocycles. The minimum Gasteiger partial charge on any atom is -0.333 e. The highest BCUT2D eigenvalue weighted by atomic mass is 32.1. The van der Waals surface area contributed by atoms with Crippen LogP contribution >= 0.6 is 12.6 Å². The van der Waals surface area contributed by atoms with Gasteiger partial charge in [0.2, 0.25) is 5.91 Å². The zero-order valence-corrected chi connectivity index (χ0v) is 19.0. The first kappa shape index (κ1) is 22.9. The van der Waals surface area contributed by atoms with Crippen LogP contribution < -0.4 is 10.6 Å². The molecular formula is C25H35N3OS. The van der Waals surface area contributed by atoms with Gasteiger partial charge < -0.3 is 15.5 Å². The molecule has 30 heavy (non-hydrogen) atoms. The molecule has 0 aromatic heterocycles. The first-order valence-corrected chi connectivity index (χ1v) is 11.6. The highest BCUT2D eigenvalue weighted by molar-refractivity contribution is 7.81. The molecule has 1 aliphatic rings. The first-order chi connectivity index (χ1) is 14.6. The second-order valence-electron chi connectivity index (χ2n) is 8.43. The summed E-state index contributed by atoms with van der Waals surface area (Å²) in [6.07, 6.45) is 2.00. The molecule has 1 fully saturated rings. The van der Waals surface area contributed by atoms with E-state index in [1.54, 1.807) is 0 Å². The highest BCUT2D eigenvalue weighted by Gasteiger charge is 2.30. The molecule has 5 heteroatoms. The SMILES string of the molecule is CC[C@H](C)[C@H](NC[C@H]1C[C@@H](S)CN1)C(=O)N(Cc1ccccc1)Cc1ccccc1. The Morgan fingerprint density at radius 1 is 1.10 bits per heavy atom. The number of benzene rings is 2. The fraction of sp³-hybridized carbons (Fsp3) is 0.480. The lowest BCUT2D eigenvalue weighted by Gasteiger charge is -2.32. The molecular weight excluding hydrogens is 390 g/mol. The average molecular weight is 426 g/mol. The van der Waals surface area contributed by atoms with Gasteiger partial charge in [0.25, 0.3) is 0 Å². The zero-order valence-electron chi connectivity index (χ0n) is 18.1. The van der Waals surface area contributed by atoms with E-state index < -0.39 is 0 Å². The number of carbonyl (C=O) groups is 1. The number of amides is 1. The molecule has 3 rings (SSSR count). The second kappa shape index (κ2) is 11.5. The summed E-state index contributed by atoms with van der Waals surface area (Å²) in [5.74, 6) is 0.442. The lowest BCUT2D eigenvalue weighted by molar-refractivity contribution is -0.136. The molecule has 0 radical (unpaired) electrons. The monoisotopic (exact) mass is 425 g/mol. The lowest BCUT2D eigenvalue weighted by atomic mass is 9.96. The Hall–Kier alpha value is -1.82. The molecule has 2 aromatic rings. The van der Waals surface area contributed by atoms with Crippen molar-refractivity contribution in [2.24, 2.45) is 5.92 Å². The first-order valence-electron chi connectivity index (χ1n) is 11.1. The van der Waals surface area contributed by atoms with Crippen molar-refractivity contribution in [1.82, 2.24) is 15.5 Å². The largest absolute Gasteiger partial charge is 0.333 e. The summed E-state index contributed by atoms with van der Waals surface area (Å²) in [6.45, 7) is 7.28. The van der Waals surface area contributed by atoms with Gasteiger partial charge in [0.1, 0.15) is 0 Å². The molecule has 0 unspecified atom stereocenters. The van der Waals surface area contributed by atoms with Crippen LogP contribution in [0.2, 0.25) is 0 Å². The van der Waals surface area contributed by atoms with Crippen LogP contribution in [0.3, 0.4) is 0 Å². The molecule has 4 nitrogen and oxygen atoms in total. The number of thiol groups is 1. The summed E-state index contributed by atoms with van der Waals surface area (Å²) in [5, 5.41) is 7.50. The van der Waals surface area contributed by atoms with Crippen LogP contribution in [0, 0.1) is 5.92 Å². The van der Waals surface area contributed by atoms with Crippen LogP contribution in [0.25, 0.3) is 0 Å². The van der Waals surface area contributed by atoms with Gasteiger partial charge in [-0.15, -0.1) is 0 Å². The Morgan fingerprint density at radius 3 is 2.13 bits per heavy atom. The number of rotatable bonds is 10. The molecule has 0 bridgehead atoms. The Balaban J connectivity index is 1.75. The molecule has 2 aromatic carbocycles. The summed E-state index contributed by atoms with van der Waals surface area (Å²) < 4.78 is 0. The third-order valence-electron chi connectivity index (χ3n) is 6.01.